The summed E-state index contributed by atoms with van der Waals surface area (Å²) >= 11 is 0. The number of rotatable bonds is 7. The van der Waals surface area contributed by atoms with Crippen molar-refractivity contribution in [2.45, 2.75) is 25.7 Å². The predicted octanol–water partition coefficient (Wildman–Crippen LogP) is 1.34. The van der Waals surface area contributed by atoms with Crippen LogP contribution in [0, 0.1) is 11.8 Å². The summed E-state index contributed by atoms with van der Waals surface area (Å²) in [5.41, 5.74) is 0. The Bertz CT molecular complexity index is 188. The van der Waals surface area contributed by atoms with Crippen molar-refractivity contribution in [1.82, 2.24) is 10.2 Å². The van der Waals surface area contributed by atoms with Gasteiger partial charge in [0.1, 0.15) is 0 Å². The first-order chi connectivity index (χ1) is 7.84. The summed E-state index contributed by atoms with van der Waals surface area (Å²) < 4.78 is 5.36. The Morgan fingerprint density at radius 1 is 1.25 bits per heavy atom. The fourth-order valence-corrected chi connectivity index (χ4v) is 2.53. The third-order valence-corrected chi connectivity index (χ3v) is 3.92. The van der Waals surface area contributed by atoms with E-state index in [4.69, 9.17) is 4.74 Å². The van der Waals surface area contributed by atoms with Crippen LogP contribution in [-0.4, -0.2) is 51.3 Å². The van der Waals surface area contributed by atoms with Crippen molar-refractivity contribution in [3.05, 3.63) is 0 Å². The summed E-state index contributed by atoms with van der Waals surface area (Å²) in [6.07, 6.45) is 5.61. The molecule has 0 aromatic heterocycles. The SMILES string of the molecule is CN(CCNCC1CCOC1)CC1CCC1. The van der Waals surface area contributed by atoms with Gasteiger partial charge in [-0.05, 0) is 38.1 Å². The van der Waals surface area contributed by atoms with E-state index in [0.29, 0.717) is 0 Å². The Kier molecular flexibility index (Phi) is 5.07. The van der Waals surface area contributed by atoms with Crippen LogP contribution in [0.15, 0.2) is 0 Å². The largest absolute Gasteiger partial charge is 0.381 e. The van der Waals surface area contributed by atoms with Crippen molar-refractivity contribution in [2.24, 2.45) is 11.8 Å². The fourth-order valence-electron chi connectivity index (χ4n) is 2.53. The van der Waals surface area contributed by atoms with Gasteiger partial charge in [-0.1, -0.05) is 6.42 Å². The standard InChI is InChI=1S/C13H26N2O/c1-15(10-12-3-2-4-12)7-6-14-9-13-5-8-16-11-13/h12-14H,2-11H2,1H3. The summed E-state index contributed by atoms with van der Waals surface area (Å²) in [5, 5.41) is 3.55. The number of hydrogen-bond acceptors (Lipinski definition) is 3. The van der Waals surface area contributed by atoms with Crippen LogP contribution in [0.4, 0.5) is 0 Å². The van der Waals surface area contributed by atoms with Crippen molar-refractivity contribution in [3.8, 4) is 0 Å². The first-order valence-electron chi connectivity index (χ1n) is 6.81. The molecular formula is C13H26N2O. The second-order valence-corrected chi connectivity index (χ2v) is 5.49. The highest BCUT2D eigenvalue weighted by molar-refractivity contribution is 4.73. The van der Waals surface area contributed by atoms with Gasteiger partial charge in [-0.3, -0.25) is 0 Å². The molecule has 0 amide bonds. The minimum atomic E-state index is 0.761. The number of nitrogens with one attached hydrogen (secondary N) is 1. The predicted molar refractivity (Wildman–Crippen MR) is 66.6 cm³/mol. The molecule has 2 aliphatic rings. The first-order valence-corrected chi connectivity index (χ1v) is 6.81. The highest BCUT2D eigenvalue weighted by atomic mass is 16.5. The molecule has 0 aromatic carbocycles. The van der Waals surface area contributed by atoms with E-state index in [1.807, 2.05) is 0 Å². The molecule has 94 valence electrons. The number of hydrogen-bond donors (Lipinski definition) is 1. The number of ether oxygens (including phenoxy) is 1. The van der Waals surface area contributed by atoms with Gasteiger partial charge in [-0.25, -0.2) is 0 Å². The smallest absolute Gasteiger partial charge is 0.0507 e. The van der Waals surface area contributed by atoms with Crippen molar-refractivity contribution in [2.75, 3.05) is 46.4 Å². The third kappa shape index (κ3) is 4.04. The average Bonchev–Trinajstić information content (AvgIpc) is 2.71. The van der Waals surface area contributed by atoms with Gasteiger partial charge in [0.25, 0.3) is 0 Å². The molecule has 0 aromatic rings. The molecule has 1 saturated heterocycles. The molecule has 0 bridgehead atoms. The molecule has 0 spiro atoms. The molecule has 0 radical (unpaired) electrons. The lowest BCUT2D eigenvalue weighted by atomic mass is 9.85. The van der Waals surface area contributed by atoms with Crippen LogP contribution in [0.3, 0.4) is 0 Å². The average molecular weight is 226 g/mol. The Hall–Kier alpha value is -0.120. The zero-order valence-corrected chi connectivity index (χ0v) is 10.6. The maximum Gasteiger partial charge on any atom is 0.0507 e. The van der Waals surface area contributed by atoms with Gasteiger partial charge in [-0.15, -0.1) is 0 Å². The van der Waals surface area contributed by atoms with Gasteiger partial charge in [0.2, 0.25) is 0 Å². The van der Waals surface area contributed by atoms with Crippen LogP contribution in [-0.2, 0) is 4.74 Å². The lowest BCUT2D eigenvalue weighted by Gasteiger charge is -2.30. The van der Waals surface area contributed by atoms with E-state index >= 15 is 0 Å². The van der Waals surface area contributed by atoms with Crippen LogP contribution >= 0.6 is 0 Å². The van der Waals surface area contributed by atoms with E-state index in [2.05, 4.69) is 17.3 Å². The zero-order valence-electron chi connectivity index (χ0n) is 10.6. The zero-order chi connectivity index (χ0) is 11.2. The molecule has 1 saturated carbocycles. The van der Waals surface area contributed by atoms with Crippen LogP contribution < -0.4 is 5.32 Å². The monoisotopic (exact) mass is 226 g/mol. The normalized spacial score (nSPS) is 26.2. The summed E-state index contributed by atoms with van der Waals surface area (Å²) in [6, 6.07) is 0. The summed E-state index contributed by atoms with van der Waals surface area (Å²) in [7, 11) is 2.25. The van der Waals surface area contributed by atoms with Crippen molar-refractivity contribution < 1.29 is 4.74 Å². The lowest BCUT2D eigenvalue weighted by molar-refractivity contribution is 0.184. The minimum absolute atomic E-state index is 0.761. The minimum Gasteiger partial charge on any atom is -0.381 e. The van der Waals surface area contributed by atoms with Gasteiger partial charge < -0.3 is 15.0 Å². The van der Waals surface area contributed by atoms with Crippen molar-refractivity contribution in [1.29, 1.82) is 0 Å². The molecule has 1 atom stereocenters. The molecular weight excluding hydrogens is 200 g/mol. The fraction of sp³-hybridized carbons (Fsp3) is 1.00. The Morgan fingerprint density at radius 3 is 2.75 bits per heavy atom. The van der Waals surface area contributed by atoms with E-state index < -0.39 is 0 Å². The molecule has 3 heteroatoms. The summed E-state index contributed by atoms with van der Waals surface area (Å²) in [4.78, 5) is 2.47. The van der Waals surface area contributed by atoms with Gasteiger partial charge in [-0.2, -0.15) is 0 Å². The first kappa shape index (κ1) is 12.3. The van der Waals surface area contributed by atoms with Crippen LogP contribution in [0.25, 0.3) is 0 Å². The third-order valence-electron chi connectivity index (χ3n) is 3.92. The van der Waals surface area contributed by atoms with E-state index in [-0.39, 0.29) is 0 Å². The molecule has 1 N–H and O–H groups in total. The van der Waals surface area contributed by atoms with Gasteiger partial charge in [0.05, 0.1) is 6.61 Å². The Morgan fingerprint density at radius 2 is 2.12 bits per heavy atom. The molecule has 1 unspecified atom stereocenters. The molecule has 1 aliphatic heterocycles. The quantitative estimate of drug-likeness (QED) is 0.663. The highest BCUT2D eigenvalue weighted by Gasteiger charge is 2.19. The van der Waals surface area contributed by atoms with E-state index in [9.17, 15) is 0 Å². The van der Waals surface area contributed by atoms with Crippen molar-refractivity contribution in [3.63, 3.8) is 0 Å². The van der Waals surface area contributed by atoms with Crippen LogP contribution in [0.5, 0.6) is 0 Å². The second-order valence-electron chi connectivity index (χ2n) is 5.49. The summed E-state index contributed by atoms with van der Waals surface area (Å²) in [5.74, 6) is 1.75. The molecule has 16 heavy (non-hydrogen) atoms. The topological polar surface area (TPSA) is 24.5 Å². The van der Waals surface area contributed by atoms with E-state index in [1.54, 1.807) is 0 Å². The Balaban J connectivity index is 1.43. The molecule has 3 nitrogen and oxygen atoms in total. The van der Waals surface area contributed by atoms with Gasteiger partial charge in [0.15, 0.2) is 0 Å². The number of likely N-dealkylation sites (N-methyl/N-ethyl adjacent to an activating group) is 1. The summed E-state index contributed by atoms with van der Waals surface area (Å²) in [6.45, 7) is 6.67. The molecule has 2 fully saturated rings. The lowest BCUT2D eigenvalue weighted by Crippen LogP contribution is -2.36. The Labute approximate surface area is 99.5 Å². The molecule has 2 rings (SSSR count). The van der Waals surface area contributed by atoms with Crippen molar-refractivity contribution >= 4 is 0 Å². The second kappa shape index (κ2) is 6.58. The molecule has 1 heterocycles. The van der Waals surface area contributed by atoms with E-state index in [1.165, 1.54) is 38.8 Å². The van der Waals surface area contributed by atoms with E-state index in [0.717, 1.165) is 38.1 Å². The van der Waals surface area contributed by atoms with Gasteiger partial charge >= 0.3 is 0 Å². The maximum absolute atomic E-state index is 5.36. The van der Waals surface area contributed by atoms with Crippen LogP contribution in [0.1, 0.15) is 25.7 Å². The van der Waals surface area contributed by atoms with Gasteiger partial charge in [0, 0.05) is 32.8 Å². The highest BCUT2D eigenvalue weighted by Crippen LogP contribution is 2.26. The maximum atomic E-state index is 5.36. The molecule has 1 aliphatic carbocycles. The number of nitrogens with zero attached hydrogens (tertiary/aromatic N) is 1. The van der Waals surface area contributed by atoms with Crippen LogP contribution in [0.2, 0.25) is 0 Å².